The number of ether oxygens (including phenoxy) is 1. The molecule has 2 aliphatic heterocycles. The van der Waals surface area contributed by atoms with Gasteiger partial charge in [0, 0.05) is 43.0 Å². The summed E-state index contributed by atoms with van der Waals surface area (Å²) in [5.74, 6) is -1.75. The second-order valence-corrected chi connectivity index (χ2v) is 12.3. The molecule has 6 rings (SSSR count). The first-order valence-electron chi connectivity index (χ1n) is 14.9. The Kier molecular flexibility index (Phi) is 8.07. The first-order valence-corrected chi connectivity index (χ1v) is 15.3. The summed E-state index contributed by atoms with van der Waals surface area (Å²) in [4.78, 5) is 44.6. The van der Waals surface area contributed by atoms with Crippen molar-refractivity contribution in [2.24, 2.45) is 0 Å². The molecule has 2 bridgehead atoms. The van der Waals surface area contributed by atoms with Crippen LogP contribution in [0.1, 0.15) is 51.3 Å². The number of hydrogen-bond donors (Lipinski definition) is 0. The van der Waals surface area contributed by atoms with Gasteiger partial charge in [0.1, 0.15) is 11.6 Å². The number of aromatic nitrogens is 4. The molecule has 0 N–H and O–H groups in total. The van der Waals surface area contributed by atoms with Crippen LogP contribution in [-0.4, -0.2) is 62.1 Å². The number of anilines is 1. The van der Waals surface area contributed by atoms with Crippen LogP contribution in [0.4, 0.5) is 14.6 Å². The highest BCUT2D eigenvalue weighted by Crippen LogP contribution is 2.40. The number of carbonyl (C=O) groups is 1. The third-order valence-corrected chi connectivity index (χ3v) is 8.71. The van der Waals surface area contributed by atoms with Gasteiger partial charge in [-0.2, -0.15) is 4.98 Å². The highest BCUT2D eigenvalue weighted by molar-refractivity contribution is 6.34. The zero-order valence-electron chi connectivity index (χ0n) is 25.5. The molecule has 0 saturated carbocycles. The number of benzene rings is 1. The fraction of sp³-hybridized carbons (Fsp3) is 0.364. The van der Waals surface area contributed by atoms with Crippen LogP contribution in [0.15, 0.2) is 47.9 Å². The van der Waals surface area contributed by atoms with Crippen molar-refractivity contribution in [1.82, 2.24) is 24.4 Å². The average molecular weight is 635 g/mol. The number of carbonyl (C=O) groups excluding carboxylic acids is 1. The summed E-state index contributed by atoms with van der Waals surface area (Å²) in [5.41, 5.74) is 1.79. The van der Waals surface area contributed by atoms with E-state index in [-0.39, 0.29) is 58.2 Å². The number of rotatable bonds is 3. The fourth-order valence-electron chi connectivity index (χ4n) is 6.28. The normalized spacial score (nSPS) is 18.2. The first kappa shape index (κ1) is 30.6. The van der Waals surface area contributed by atoms with E-state index in [1.54, 1.807) is 17.2 Å². The fourth-order valence-corrected chi connectivity index (χ4v) is 6.53. The molecular formula is C33H33ClF2N6O3. The van der Waals surface area contributed by atoms with Gasteiger partial charge in [0.05, 0.1) is 34.1 Å². The second-order valence-electron chi connectivity index (χ2n) is 11.9. The lowest BCUT2D eigenvalue weighted by Gasteiger charge is -2.44. The van der Waals surface area contributed by atoms with Crippen molar-refractivity contribution in [1.29, 1.82) is 0 Å². The monoisotopic (exact) mass is 634 g/mol. The molecule has 0 unspecified atom stereocenters. The smallest absolute Gasteiger partial charge is 0.355 e. The molecule has 1 saturated heterocycles. The van der Waals surface area contributed by atoms with Crippen molar-refractivity contribution < 1.29 is 18.3 Å². The number of pyridine rings is 2. The highest BCUT2D eigenvalue weighted by atomic mass is 35.5. The van der Waals surface area contributed by atoms with Gasteiger partial charge in [-0.05, 0) is 62.4 Å². The van der Waals surface area contributed by atoms with E-state index in [0.717, 1.165) is 17.7 Å². The van der Waals surface area contributed by atoms with Gasteiger partial charge in [-0.3, -0.25) is 9.78 Å². The largest absolute Gasteiger partial charge is 0.490 e. The van der Waals surface area contributed by atoms with E-state index >= 15 is 4.39 Å². The molecule has 0 spiro atoms. The Morgan fingerprint density at radius 1 is 1.16 bits per heavy atom. The van der Waals surface area contributed by atoms with E-state index in [1.807, 2.05) is 38.7 Å². The molecule has 12 heteroatoms. The van der Waals surface area contributed by atoms with Crippen molar-refractivity contribution >= 4 is 34.4 Å². The zero-order chi connectivity index (χ0) is 32.2. The van der Waals surface area contributed by atoms with Crippen molar-refractivity contribution in [3.63, 3.8) is 0 Å². The average Bonchev–Trinajstić information content (AvgIpc) is 2.99. The highest BCUT2D eigenvalue weighted by Gasteiger charge is 2.34. The van der Waals surface area contributed by atoms with E-state index in [4.69, 9.17) is 21.3 Å². The number of piperazine rings is 1. The molecule has 1 fully saturated rings. The van der Waals surface area contributed by atoms with Crippen molar-refractivity contribution in [2.45, 2.75) is 58.5 Å². The van der Waals surface area contributed by atoms with Crippen molar-refractivity contribution in [3.8, 4) is 22.7 Å². The van der Waals surface area contributed by atoms with Crippen LogP contribution in [-0.2, 0) is 11.2 Å². The lowest BCUT2D eigenvalue weighted by molar-refractivity contribution is -0.128. The summed E-state index contributed by atoms with van der Waals surface area (Å²) in [7, 11) is 0. The quantitative estimate of drug-likeness (QED) is 0.262. The second kappa shape index (κ2) is 11.8. The van der Waals surface area contributed by atoms with E-state index in [0.29, 0.717) is 48.5 Å². The molecule has 2 atom stereocenters. The van der Waals surface area contributed by atoms with Crippen LogP contribution in [0.25, 0.3) is 28.0 Å². The molecule has 2 aliphatic rings. The molecule has 3 aromatic heterocycles. The number of nitrogens with zero attached hydrogens (tertiary/aromatic N) is 6. The molecule has 1 aromatic carbocycles. The van der Waals surface area contributed by atoms with E-state index in [1.165, 1.54) is 10.6 Å². The van der Waals surface area contributed by atoms with Crippen LogP contribution >= 0.6 is 11.6 Å². The molecule has 4 aromatic rings. The maximum atomic E-state index is 15.2. The Morgan fingerprint density at radius 2 is 1.93 bits per heavy atom. The van der Waals surface area contributed by atoms with Crippen LogP contribution in [0, 0.1) is 11.6 Å². The van der Waals surface area contributed by atoms with Crippen LogP contribution in [0.5, 0.6) is 5.75 Å². The number of amides is 1. The topological polar surface area (TPSA) is 93.5 Å². The van der Waals surface area contributed by atoms with Crippen LogP contribution in [0.3, 0.4) is 0 Å². The van der Waals surface area contributed by atoms with Gasteiger partial charge in [0.15, 0.2) is 17.2 Å². The number of hydrogen-bond acceptors (Lipinski definition) is 7. The predicted molar refractivity (Wildman–Crippen MR) is 169 cm³/mol. The lowest BCUT2D eigenvalue weighted by Crippen LogP contribution is -2.58. The van der Waals surface area contributed by atoms with Crippen LogP contribution in [0.2, 0.25) is 5.02 Å². The molecule has 45 heavy (non-hydrogen) atoms. The zero-order valence-corrected chi connectivity index (χ0v) is 26.2. The maximum Gasteiger partial charge on any atom is 0.355 e. The molecule has 0 radical (unpaired) electrons. The molecular weight excluding hydrogens is 602 g/mol. The SMILES string of the molecule is C=CC(=O)N1C[C@H](C)N(c2nc(=O)n3c4nc(c(Cl)cc24)-c2cc(F)cc(F)c2OCCCc2ccnc(C(C)C)c2-3)C[C@H]1C. The van der Waals surface area contributed by atoms with Gasteiger partial charge in [-0.1, -0.05) is 32.0 Å². The van der Waals surface area contributed by atoms with Gasteiger partial charge in [-0.25, -0.2) is 23.1 Å². The maximum absolute atomic E-state index is 15.2. The van der Waals surface area contributed by atoms with E-state index in [9.17, 15) is 14.0 Å². The molecule has 0 aliphatic carbocycles. The van der Waals surface area contributed by atoms with Crippen LogP contribution < -0.4 is 15.3 Å². The van der Waals surface area contributed by atoms with Crippen molar-refractivity contribution in [3.05, 3.63) is 81.5 Å². The minimum atomic E-state index is -0.880. The van der Waals surface area contributed by atoms with Crippen molar-refractivity contribution in [2.75, 3.05) is 24.6 Å². The van der Waals surface area contributed by atoms with Gasteiger partial charge >= 0.3 is 5.69 Å². The number of fused-ring (bicyclic) bond motifs is 5. The summed E-state index contributed by atoms with van der Waals surface area (Å²) in [5, 5.41) is 0.561. The van der Waals surface area contributed by atoms with E-state index in [2.05, 4.69) is 16.5 Å². The Morgan fingerprint density at radius 3 is 2.67 bits per heavy atom. The number of halogens is 3. The summed E-state index contributed by atoms with van der Waals surface area (Å²) in [6.45, 7) is 12.4. The Bertz CT molecular complexity index is 1910. The summed E-state index contributed by atoms with van der Waals surface area (Å²) in [6.07, 6.45) is 3.96. The summed E-state index contributed by atoms with van der Waals surface area (Å²) in [6, 6.07) is 4.92. The third kappa shape index (κ3) is 5.32. The minimum absolute atomic E-state index is 0.0337. The standard InChI is InChI=1S/C33H33ClF2N6O3/c1-6-26(43)40-15-19(5)41(16-18(40)4)31-23-14-24(34)28-22-12-21(35)13-25(36)30(22)45-11-7-8-20-9-10-37-27(17(2)3)29(20)42(32(23)38-28)33(44)39-31/h6,9-10,12-14,17-19H,1,7-8,11,15-16H2,2-5H3/t18-,19+/m1/s1. The van der Waals surface area contributed by atoms with E-state index < -0.39 is 17.3 Å². The first-order chi connectivity index (χ1) is 21.5. The minimum Gasteiger partial charge on any atom is -0.490 e. The van der Waals surface area contributed by atoms with Gasteiger partial charge in [-0.15, -0.1) is 0 Å². The van der Waals surface area contributed by atoms with Gasteiger partial charge in [0.25, 0.3) is 0 Å². The predicted octanol–water partition coefficient (Wildman–Crippen LogP) is 5.83. The Balaban J connectivity index is 1.70. The van der Waals surface area contributed by atoms with Gasteiger partial charge < -0.3 is 14.5 Å². The molecule has 1 amide bonds. The number of aryl methyl sites for hydroxylation is 1. The lowest BCUT2D eigenvalue weighted by atomic mass is 10.0. The molecule has 234 valence electrons. The third-order valence-electron chi connectivity index (χ3n) is 8.42. The van der Waals surface area contributed by atoms with Gasteiger partial charge in [0.2, 0.25) is 5.91 Å². The summed E-state index contributed by atoms with van der Waals surface area (Å²) < 4.78 is 37.1. The molecule has 9 nitrogen and oxygen atoms in total. The summed E-state index contributed by atoms with van der Waals surface area (Å²) >= 11 is 6.87. The Hall–Kier alpha value is -4.38. The Labute approximate surface area is 264 Å². The molecule has 5 heterocycles.